The number of nitrogens with zero attached hydrogens (tertiary/aromatic N) is 1. The van der Waals surface area contributed by atoms with E-state index in [2.05, 4.69) is 5.32 Å². The second kappa shape index (κ2) is 7.00. The Balaban J connectivity index is 4.29. The summed E-state index contributed by atoms with van der Waals surface area (Å²) in [7, 11) is 3.85. The number of carboxylic acid groups (broad SMARTS) is 1. The Morgan fingerprint density at radius 3 is 2.25 bits per heavy atom. The van der Waals surface area contributed by atoms with Crippen molar-refractivity contribution >= 4 is 11.9 Å². The van der Waals surface area contributed by atoms with Gasteiger partial charge in [-0.15, -0.1) is 0 Å². The van der Waals surface area contributed by atoms with Gasteiger partial charge >= 0.3 is 5.97 Å². The molecule has 5 heteroatoms. The Labute approximate surface area is 96.1 Å². The van der Waals surface area contributed by atoms with Gasteiger partial charge < -0.3 is 15.3 Å². The van der Waals surface area contributed by atoms with Crippen molar-refractivity contribution in [3.63, 3.8) is 0 Å². The summed E-state index contributed by atoms with van der Waals surface area (Å²) in [6.45, 7) is 4.75. The van der Waals surface area contributed by atoms with E-state index in [0.29, 0.717) is 5.92 Å². The predicted molar refractivity (Wildman–Crippen MR) is 62.1 cm³/mol. The summed E-state index contributed by atoms with van der Waals surface area (Å²) in [5.41, 5.74) is 0. The van der Waals surface area contributed by atoms with Crippen LogP contribution in [0.15, 0.2) is 12.2 Å². The van der Waals surface area contributed by atoms with Crippen LogP contribution in [0.4, 0.5) is 0 Å². The number of amides is 1. The van der Waals surface area contributed by atoms with Gasteiger partial charge in [-0.1, -0.05) is 13.8 Å². The molecule has 0 aromatic rings. The summed E-state index contributed by atoms with van der Waals surface area (Å²) in [5, 5.41) is 11.1. The first-order valence-electron chi connectivity index (χ1n) is 5.19. The zero-order chi connectivity index (χ0) is 12.7. The molecule has 0 heterocycles. The number of aliphatic carboxylic acids is 1. The first-order chi connectivity index (χ1) is 7.32. The fraction of sp³-hybridized carbons (Fsp3) is 0.636. The third-order valence-electron chi connectivity index (χ3n) is 2.07. The molecule has 16 heavy (non-hydrogen) atoms. The lowest BCUT2D eigenvalue weighted by Crippen LogP contribution is -2.44. The highest BCUT2D eigenvalue weighted by molar-refractivity contribution is 5.94. The summed E-state index contributed by atoms with van der Waals surface area (Å²) in [6.07, 6.45) is 1.87. The van der Waals surface area contributed by atoms with Crippen LogP contribution in [0, 0.1) is 5.92 Å². The van der Waals surface area contributed by atoms with E-state index in [4.69, 9.17) is 5.11 Å². The van der Waals surface area contributed by atoms with E-state index >= 15 is 0 Å². The molecule has 0 aliphatic carbocycles. The van der Waals surface area contributed by atoms with Crippen LogP contribution in [0.2, 0.25) is 0 Å². The first kappa shape index (κ1) is 14.6. The van der Waals surface area contributed by atoms with Crippen LogP contribution in [0.25, 0.3) is 0 Å². The average molecular weight is 228 g/mol. The summed E-state index contributed by atoms with van der Waals surface area (Å²) < 4.78 is 0. The van der Waals surface area contributed by atoms with Crippen molar-refractivity contribution in [1.82, 2.24) is 10.2 Å². The quantitative estimate of drug-likeness (QED) is 0.643. The van der Waals surface area contributed by atoms with Gasteiger partial charge in [-0.05, 0) is 20.0 Å². The lowest BCUT2D eigenvalue weighted by molar-refractivity contribution is -0.131. The SMILES string of the molecule is CC(C)C(CN(C)C)NC(=O)/C=C/C(=O)O. The molecule has 5 nitrogen and oxygen atoms in total. The molecule has 0 aliphatic rings. The van der Waals surface area contributed by atoms with Crippen LogP contribution in [0.1, 0.15) is 13.8 Å². The van der Waals surface area contributed by atoms with E-state index in [0.717, 1.165) is 18.7 Å². The monoisotopic (exact) mass is 228 g/mol. The van der Waals surface area contributed by atoms with Gasteiger partial charge in [-0.25, -0.2) is 4.79 Å². The predicted octanol–water partition coefficient (Wildman–Crippen LogP) is 0.330. The topological polar surface area (TPSA) is 69.6 Å². The van der Waals surface area contributed by atoms with E-state index in [-0.39, 0.29) is 11.9 Å². The van der Waals surface area contributed by atoms with Crippen molar-refractivity contribution in [2.75, 3.05) is 20.6 Å². The van der Waals surface area contributed by atoms with Crippen LogP contribution >= 0.6 is 0 Å². The average Bonchev–Trinajstić information content (AvgIpc) is 2.12. The Morgan fingerprint density at radius 1 is 1.31 bits per heavy atom. The van der Waals surface area contributed by atoms with Gasteiger partial charge in [0.15, 0.2) is 0 Å². The number of nitrogens with one attached hydrogen (secondary N) is 1. The maximum absolute atomic E-state index is 11.4. The number of carbonyl (C=O) groups excluding carboxylic acids is 1. The molecule has 0 saturated heterocycles. The van der Waals surface area contributed by atoms with Crippen LogP contribution in [0.3, 0.4) is 0 Å². The maximum Gasteiger partial charge on any atom is 0.328 e. The minimum absolute atomic E-state index is 0.0148. The second-order valence-corrected chi connectivity index (χ2v) is 4.29. The Hall–Kier alpha value is -1.36. The standard InChI is InChI=1S/C11H20N2O3/c1-8(2)9(7-13(3)4)12-10(14)5-6-11(15)16/h5-6,8-9H,7H2,1-4H3,(H,12,14)(H,15,16)/b6-5+. The number of carboxylic acids is 1. The van der Waals surface area contributed by atoms with E-state index in [1.165, 1.54) is 0 Å². The highest BCUT2D eigenvalue weighted by Crippen LogP contribution is 2.02. The smallest absolute Gasteiger partial charge is 0.328 e. The molecule has 0 aliphatic heterocycles. The van der Waals surface area contributed by atoms with Crippen molar-refractivity contribution in [3.05, 3.63) is 12.2 Å². The number of rotatable bonds is 6. The third kappa shape index (κ3) is 7.00. The van der Waals surface area contributed by atoms with Crippen molar-refractivity contribution in [1.29, 1.82) is 0 Å². The highest BCUT2D eigenvalue weighted by Gasteiger charge is 2.15. The molecule has 1 atom stereocenters. The highest BCUT2D eigenvalue weighted by atomic mass is 16.4. The Morgan fingerprint density at radius 2 is 1.88 bits per heavy atom. The first-order valence-corrected chi connectivity index (χ1v) is 5.19. The summed E-state index contributed by atoms with van der Waals surface area (Å²) in [4.78, 5) is 23.6. The molecule has 0 fully saturated rings. The van der Waals surface area contributed by atoms with Crippen LogP contribution in [-0.2, 0) is 9.59 Å². The third-order valence-corrected chi connectivity index (χ3v) is 2.07. The molecule has 0 rings (SSSR count). The second-order valence-electron chi connectivity index (χ2n) is 4.29. The van der Waals surface area contributed by atoms with Crippen LogP contribution in [0.5, 0.6) is 0 Å². The van der Waals surface area contributed by atoms with Crippen LogP contribution < -0.4 is 5.32 Å². The van der Waals surface area contributed by atoms with E-state index in [1.54, 1.807) is 0 Å². The number of carbonyl (C=O) groups is 2. The minimum atomic E-state index is -1.12. The Kier molecular flexibility index (Phi) is 6.41. The zero-order valence-electron chi connectivity index (χ0n) is 10.2. The molecule has 0 bridgehead atoms. The van der Waals surface area contributed by atoms with Gasteiger partial charge in [-0.2, -0.15) is 0 Å². The molecule has 1 amide bonds. The van der Waals surface area contributed by atoms with Gasteiger partial charge in [0, 0.05) is 24.7 Å². The molecular weight excluding hydrogens is 208 g/mol. The van der Waals surface area contributed by atoms with Gasteiger partial charge in [0.1, 0.15) is 0 Å². The van der Waals surface area contributed by atoms with Crippen molar-refractivity contribution in [3.8, 4) is 0 Å². The van der Waals surface area contributed by atoms with Crippen molar-refractivity contribution in [2.24, 2.45) is 5.92 Å². The molecule has 1 unspecified atom stereocenters. The van der Waals surface area contributed by atoms with E-state index < -0.39 is 5.97 Å². The number of likely N-dealkylation sites (N-methyl/N-ethyl adjacent to an activating group) is 1. The maximum atomic E-state index is 11.4. The lowest BCUT2D eigenvalue weighted by Gasteiger charge is -2.24. The van der Waals surface area contributed by atoms with Crippen molar-refractivity contribution in [2.45, 2.75) is 19.9 Å². The molecule has 0 aromatic carbocycles. The molecule has 0 spiro atoms. The molecule has 0 saturated carbocycles. The van der Waals surface area contributed by atoms with Gasteiger partial charge in [0.05, 0.1) is 0 Å². The largest absolute Gasteiger partial charge is 0.478 e. The Bertz CT molecular complexity index is 272. The summed E-state index contributed by atoms with van der Waals surface area (Å²) >= 11 is 0. The molecular formula is C11H20N2O3. The summed E-state index contributed by atoms with van der Waals surface area (Å²) in [6, 6.07) is 0.0148. The molecule has 0 aromatic heterocycles. The number of hydrogen-bond acceptors (Lipinski definition) is 3. The van der Waals surface area contributed by atoms with Gasteiger partial charge in [-0.3, -0.25) is 4.79 Å². The van der Waals surface area contributed by atoms with E-state index in [1.807, 2.05) is 32.8 Å². The molecule has 2 N–H and O–H groups in total. The summed E-state index contributed by atoms with van der Waals surface area (Å²) in [5.74, 6) is -1.20. The van der Waals surface area contributed by atoms with Gasteiger partial charge in [0.25, 0.3) is 0 Å². The van der Waals surface area contributed by atoms with Crippen molar-refractivity contribution < 1.29 is 14.7 Å². The van der Waals surface area contributed by atoms with Crippen LogP contribution in [-0.4, -0.2) is 48.6 Å². The fourth-order valence-electron chi connectivity index (χ4n) is 1.19. The molecule has 92 valence electrons. The van der Waals surface area contributed by atoms with E-state index in [9.17, 15) is 9.59 Å². The lowest BCUT2D eigenvalue weighted by atomic mass is 10.0. The van der Waals surface area contributed by atoms with Gasteiger partial charge in [0.2, 0.25) is 5.91 Å². The normalized spacial score (nSPS) is 13.4. The minimum Gasteiger partial charge on any atom is -0.478 e. The zero-order valence-corrected chi connectivity index (χ0v) is 10.2. The fourth-order valence-corrected chi connectivity index (χ4v) is 1.19. The molecule has 0 radical (unpaired) electrons. The number of hydrogen-bond donors (Lipinski definition) is 2.